The summed E-state index contributed by atoms with van der Waals surface area (Å²) in [6.07, 6.45) is 6.50. The van der Waals surface area contributed by atoms with Gasteiger partial charge in [-0.1, -0.05) is 6.08 Å². The molecule has 0 aromatic carbocycles. The van der Waals surface area contributed by atoms with Gasteiger partial charge in [-0.3, -0.25) is 4.79 Å². The van der Waals surface area contributed by atoms with Crippen molar-refractivity contribution in [3.05, 3.63) is 12.7 Å². The normalized spacial score (nSPS) is 24.5. The molecule has 0 N–H and O–H groups in total. The number of piperidine rings is 1. The Labute approximate surface area is 79.6 Å². The lowest BCUT2D eigenvalue weighted by atomic mass is 9.97. The first kappa shape index (κ1) is 8.79. The molecule has 0 aromatic rings. The lowest BCUT2D eigenvalue weighted by molar-refractivity contribution is -0.133. The van der Waals surface area contributed by atoms with Crippen molar-refractivity contribution in [1.82, 2.24) is 4.90 Å². The van der Waals surface area contributed by atoms with E-state index in [1.807, 2.05) is 11.0 Å². The third kappa shape index (κ3) is 1.93. The van der Waals surface area contributed by atoms with Crippen molar-refractivity contribution in [2.45, 2.75) is 25.7 Å². The van der Waals surface area contributed by atoms with Gasteiger partial charge in [-0.15, -0.1) is 6.58 Å². The highest BCUT2D eigenvalue weighted by Gasteiger charge is 2.34. The molecule has 2 nitrogen and oxygen atoms in total. The van der Waals surface area contributed by atoms with Crippen molar-refractivity contribution in [3.8, 4) is 0 Å². The maximum absolute atomic E-state index is 11.7. The molecule has 0 atom stereocenters. The van der Waals surface area contributed by atoms with Crippen molar-refractivity contribution in [2.24, 2.45) is 11.8 Å². The zero-order chi connectivity index (χ0) is 9.26. The molecule has 72 valence electrons. The van der Waals surface area contributed by atoms with Crippen LogP contribution in [0.1, 0.15) is 25.7 Å². The summed E-state index contributed by atoms with van der Waals surface area (Å²) in [5.41, 5.74) is 0. The number of hydrogen-bond acceptors (Lipinski definition) is 1. The van der Waals surface area contributed by atoms with Crippen molar-refractivity contribution in [2.75, 3.05) is 13.1 Å². The first-order chi connectivity index (χ1) is 6.31. The summed E-state index contributed by atoms with van der Waals surface area (Å²) in [4.78, 5) is 13.7. The second-order valence-corrected chi connectivity index (χ2v) is 4.17. The Morgan fingerprint density at radius 1 is 1.23 bits per heavy atom. The van der Waals surface area contributed by atoms with Crippen LogP contribution in [0.4, 0.5) is 0 Å². The molecule has 2 heteroatoms. The molecule has 0 bridgehead atoms. The molecule has 2 aliphatic rings. The molecule has 2 fully saturated rings. The Morgan fingerprint density at radius 3 is 2.31 bits per heavy atom. The van der Waals surface area contributed by atoms with Crippen LogP contribution in [0, 0.1) is 11.8 Å². The van der Waals surface area contributed by atoms with E-state index >= 15 is 0 Å². The average molecular weight is 179 g/mol. The SMILES string of the molecule is C=CC1CCN(C(=O)C2CC2)CC1. The topological polar surface area (TPSA) is 20.3 Å². The maximum Gasteiger partial charge on any atom is 0.225 e. The minimum absolute atomic E-state index is 0.389. The van der Waals surface area contributed by atoms with Crippen LogP contribution in [0.3, 0.4) is 0 Å². The van der Waals surface area contributed by atoms with Gasteiger partial charge in [-0.2, -0.15) is 0 Å². The lowest BCUT2D eigenvalue weighted by Crippen LogP contribution is -2.38. The van der Waals surface area contributed by atoms with E-state index in [2.05, 4.69) is 6.58 Å². The second-order valence-electron chi connectivity index (χ2n) is 4.17. The standard InChI is InChI=1S/C11H17NO/c1-2-9-5-7-12(8-6-9)11(13)10-3-4-10/h2,9-10H,1,3-8H2. The smallest absolute Gasteiger partial charge is 0.225 e. The molecule has 0 spiro atoms. The van der Waals surface area contributed by atoms with Crippen LogP contribution in [0.2, 0.25) is 0 Å². The summed E-state index contributed by atoms with van der Waals surface area (Å²) in [7, 11) is 0. The molecule has 13 heavy (non-hydrogen) atoms. The quantitative estimate of drug-likeness (QED) is 0.592. The highest BCUT2D eigenvalue weighted by Crippen LogP contribution is 2.32. The molecule has 1 aliphatic heterocycles. The zero-order valence-electron chi connectivity index (χ0n) is 8.04. The van der Waals surface area contributed by atoms with Gasteiger partial charge in [0.1, 0.15) is 0 Å². The van der Waals surface area contributed by atoms with E-state index in [1.165, 1.54) is 0 Å². The van der Waals surface area contributed by atoms with E-state index in [0.29, 0.717) is 17.7 Å². The minimum Gasteiger partial charge on any atom is -0.342 e. The Morgan fingerprint density at radius 2 is 1.85 bits per heavy atom. The molecule has 1 heterocycles. The van der Waals surface area contributed by atoms with E-state index in [9.17, 15) is 4.79 Å². The number of nitrogens with zero attached hydrogens (tertiary/aromatic N) is 1. The highest BCUT2D eigenvalue weighted by molar-refractivity contribution is 5.81. The zero-order valence-corrected chi connectivity index (χ0v) is 8.04. The molecule has 2 rings (SSSR count). The summed E-state index contributed by atoms with van der Waals surface area (Å²) in [5, 5.41) is 0. The predicted octanol–water partition coefficient (Wildman–Crippen LogP) is 1.82. The van der Waals surface area contributed by atoms with Gasteiger partial charge in [-0.25, -0.2) is 0 Å². The third-order valence-electron chi connectivity index (χ3n) is 3.11. The van der Waals surface area contributed by atoms with Gasteiger partial charge in [0.25, 0.3) is 0 Å². The Kier molecular flexibility index (Phi) is 2.38. The Balaban J connectivity index is 1.83. The summed E-state index contributed by atoms with van der Waals surface area (Å²) < 4.78 is 0. The molecule has 1 amide bonds. The van der Waals surface area contributed by atoms with E-state index in [0.717, 1.165) is 38.8 Å². The van der Waals surface area contributed by atoms with Gasteiger partial charge < -0.3 is 4.90 Å². The number of hydrogen-bond donors (Lipinski definition) is 0. The summed E-state index contributed by atoms with van der Waals surface area (Å²) >= 11 is 0. The second kappa shape index (κ2) is 3.52. The van der Waals surface area contributed by atoms with Gasteiger partial charge in [0.2, 0.25) is 5.91 Å². The molecular formula is C11H17NO. The summed E-state index contributed by atoms with van der Waals surface area (Å²) in [5.74, 6) is 1.44. The van der Waals surface area contributed by atoms with Gasteiger partial charge in [0.05, 0.1) is 0 Å². The summed E-state index contributed by atoms with van der Waals surface area (Å²) in [6.45, 7) is 5.70. The largest absolute Gasteiger partial charge is 0.342 e. The van der Waals surface area contributed by atoms with Crippen LogP contribution >= 0.6 is 0 Å². The number of allylic oxidation sites excluding steroid dienone is 1. The van der Waals surface area contributed by atoms with Crippen LogP contribution in [-0.2, 0) is 4.79 Å². The number of carbonyl (C=O) groups excluding carboxylic acids is 1. The van der Waals surface area contributed by atoms with E-state index < -0.39 is 0 Å². The van der Waals surface area contributed by atoms with Gasteiger partial charge in [-0.05, 0) is 31.6 Å². The molecule has 1 saturated heterocycles. The van der Waals surface area contributed by atoms with Crippen molar-refractivity contribution in [1.29, 1.82) is 0 Å². The highest BCUT2D eigenvalue weighted by atomic mass is 16.2. The summed E-state index contributed by atoms with van der Waals surface area (Å²) in [6, 6.07) is 0. The molecule has 0 aromatic heterocycles. The first-order valence-electron chi connectivity index (χ1n) is 5.22. The van der Waals surface area contributed by atoms with Crippen LogP contribution in [0.5, 0.6) is 0 Å². The van der Waals surface area contributed by atoms with Crippen LogP contribution in [-0.4, -0.2) is 23.9 Å². The van der Waals surface area contributed by atoms with Crippen LogP contribution in [0.25, 0.3) is 0 Å². The molecule has 0 radical (unpaired) electrons. The Bertz CT molecular complexity index is 212. The van der Waals surface area contributed by atoms with Gasteiger partial charge >= 0.3 is 0 Å². The third-order valence-corrected chi connectivity index (χ3v) is 3.11. The first-order valence-corrected chi connectivity index (χ1v) is 5.22. The fourth-order valence-electron chi connectivity index (χ4n) is 1.94. The number of rotatable bonds is 2. The number of likely N-dealkylation sites (tertiary alicyclic amines) is 1. The van der Waals surface area contributed by atoms with E-state index in [1.54, 1.807) is 0 Å². The predicted molar refractivity (Wildman–Crippen MR) is 52.2 cm³/mol. The van der Waals surface area contributed by atoms with Crippen molar-refractivity contribution < 1.29 is 4.79 Å². The average Bonchev–Trinajstić information content (AvgIpc) is 3.00. The number of amides is 1. The Hall–Kier alpha value is -0.790. The monoisotopic (exact) mass is 179 g/mol. The lowest BCUT2D eigenvalue weighted by Gasteiger charge is -2.30. The van der Waals surface area contributed by atoms with Crippen molar-refractivity contribution >= 4 is 5.91 Å². The van der Waals surface area contributed by atoms with E-state index in [-0.39, 0.29) is 0 Å². The molecule has 1 saturated carbocycles. The number of carbonyl (C=O) groups is 1. The van der Waals surface area contributed by atoms with E-state index in [4.69, 9.17) is 0 Å². The van der Waals surface area contributed by atoms with Gasteiger partial charge in [0.15, 0.2) is 0 Å². The molecule has 1 aliphatic carbocycles. The van der Waals surface area contributed by atoms with Crippen LogP contribution < -0.4 is 0 Å². The molecule has 0 unspecified atom stereocenters. The minimum atomic E-state index is 0.389. The fourth-order valence-corrected chi connectivity index (χ4v) is 1.94. The molecular weight excluding hydrogens is 162 g/mol. The maximum atomic E-state index is 11.7. The fraction of sp³-hybridized carbons (Fsp3) is 0.727. The van der Waals surface area contributed by atoms with Crippen LogP contribution in [0.15, 0.2) is 12.7 Å². The van der Waals surface area contributed by atoms with Crippen molar-refractivity contribution in [3.63, 3.8) is 0 Å². The van der Waals surface area contributed by atoms with Gasteiger partial charge in [0, 0.05) is 19.0 Å².